The Kier molecular flexibility index (Phi) is 7.20. The molecule has 0 aliphatic carbocycles. The molecular formula is C17H20ClF7N4O2. The van der Waals surface area contributed by atoms with Gasteiger partial charge in [0.15, 0.2) is 17.7 Å². The van der Waals surface area contributed by atoms with E-state index in [1.165, 1.54) is 0 Å². The summed E-state index contributed by atoms with van der Waals surface area (Å²) in [4.78, 5) is 15.8. The van der Waals surface area contributed by atoms with Crippen LogP contribution in [0.15, 0.2) is 6.07 Å². The number of carbonyl (C=O) groups is 1. The number of aromatic nitrogens is 1. The summed E-state index contributed by atoms with van der Waals surface area (Å²) >= 11 is 0. The van der Waals surface area contributed by atoms with Crippen LogP contribution in [0.1, 0.15) is 18.4 Å². The number of methoxy groups -OCH3 is 1. The maximum atomic E-state index is 14.5. The van der Waals surface area contributed by atoms with Crippen molar-refractivity contribution < 1.29 is 58.0 Å². The number of hydrogen-bond acceptors (Lipinski definition) is 4. The molecule has 1 aromatic rings. The monoisotopic (exact) mass is 480 g/mol. The van der Waals surface area contributed by atoms with Gasteiger partial charge in [-0.25, -0.2) is 4.39 Å². The van der Waals surface area contributed by atoms with Crippen LogP contribution in [0.4, 0.5) is 36.6 Å². The number of nitrogens with two attached hydrogens (primary N) is 1. The van der Waals surface area contributed by atoms with E-state index in [1.54, 1.807) is 0 Å². The zero-order valence-electron chi connectivity index (χ0n) is 16.2. The molecule has 0 unspecified atom stereocenters. The Morgan fingerprint density at radius 1 is 1.26 bits per heavy atom. The predicted octanol–water partition coefficient (Wildman–Crippen LogP) is -1.70. The quantitative estimate of drug-likeness (QED) is 0.493. The summed E-state index contributed by atoms with van der Waals surface area (Å²) in [5.41, 5.74) is 0.0333. The molecule has 0 spiro atoms. The van der Waals surface area contributed by atoms with Gasteiger partial charge in [-0.15, -0.1) is 0 Å². The van der Waals surface area contributed by atoms with Crippen molar-refractivity contribution in [2.75, 3.05) is 31.6 Å². The number of piperidine rings is 1. The number of carbonyl (C=O) groups excluding carboxylic acids is 1. The molecule has 0 aromatic carbocycles. The standard InChI is InChI=1S/C17H19F7N4O2.ClH/c1-30-14-9(6-26-13(29)11-3-2-4-25-11)5-10(18)12(27-14)28-7-15(19,20)17(23,24)16(21,22)8-28;/h5,11,25H,2-4,6-8H2,1H3,(H,26,29);1H/t11-;/m0./s1. The number of amides is 1. The molecule has 2 saturated heterocycles. The summed E-state index contributed by atoms with van der Waals surface area (Å²) < 4.78 is 101. The van der Waals surface area contributed by atoms with E-state index in [1.807, 2.05) is 5.32 Å². The molecule has 31 heavy (non-hydrogen) atoms. The van der Waals surface area contributed by atoms with Crippen molar-refractivity contribution in [3.63, 3.8) is 0 Å². The van der Waals surface area contributed by atoms with Crippen molar-refractivity contribution in [1.82, 2.24) is 10.3 Å². The molecule has 3 N–H and O–H groups in total. The Labute approximate surface area is 178 Å². The summed E-state index contributed by atoms with van der Waals surface area (Å²) in [6.07, 6.45) is 1.55. The highest BCUT2D eigenvalue weighted by atomic mass is 35.5. The van der Waals surface area contributed by atoms with Crippen LogP contribution in [0.2, 0.25) is 0 Å². The molecule has 2 fully saturated rings. The van der Waals surface area contributed by atoms with Gasteiger partial charge in [0.05, 0.1) is 26.7 Å². The number of ether oxygens (including phenoxy) is 1. The molecule has 3 heterocycles. The fourth-order valence-electron chi connectivity index (χ4n) is 3.50. The Bertz CT molecular complexity index is 802. The van der Waals surface area contributed by atoms with Crippen LogP contribution >= 0.6 is 0 Å². The van der Waals surface area contributed by atoms with Crippen LogP contribution in [0.5, 0.6) is 5.88 Å². The van der Waals surface area contributed by atoms with Crippen molar-refractivity contribution in [2.24, 2.45) is 0 Å². The van der Waals surface area contributed by atoms with E-state index in [-0.39, 0.29) is 47.2 Å². The molecule has 1 amide bonds. The highest BCUT2D eigenvalue weighted by molar-refractivity contribution is 5.80. The molecule has 0 bridgehead atoms. The summed E-state index contributed by atoms with van der Waals surface area (Å²) in [7, 11) is 1.12. The van der Waals surface area contributed by atoms with Gasteiger partial charge in [-0.05, 0) is 6.07 Å². The van der Waals surface area contributed by atoms with Gasteiger partial charge in [0.1, 0.15) is 0 Å². The molecular weight excluding hydrogens is 461 g/mol. The molecule has 176 valence electrons. The van der Waals surface area contributed by atoms with E-state index < -0.39 is 42.5 Å². The van der Waals surface area contributed by atoms with E-state index >= 15 is 0 Å². The first-order valence-corrected chi connectivity index (χ1v) is 9.12. The van der Waals surface area contributed by atoms with Gasteiger partial charge < -0.3 is 32.7 Å². The minimum absolute atomic E-state index is 0. The Morgan fingerprint density at radius 3 is 2.39 bits per heavy atom. The van der Waals surface area contributed by atoms with Crippen LogP contribution < -0.4 is 32.7 Å². The summed E-state index contributed by atoms with van der Waals surface area (Å²) in [6.45, 7) is -3.11. The summed E-state index contributed by atoms with van der Waals surface area (Å²) in [5, 5.41) is 4.42. The van der Waals surface area contributed by atoms with E-state index in [2.05, 4.69) is 10.3 Å². The van der Waals surface area contributed by atoms with Crippen molar-refractivity contribution in [2.45, 2.75) is 43.2 Å². The molecule has 1 atom stereocenters. The third-order valence-corrected chi connectivity index (χ3v) is 5.15. The lowest BCUT2D eigenvalue weighted by atomic mass is 9.98. The lowest BCUT2D eigenvalue weighted by Crippen LogP contribution is -3.00. The summed E-state index contributed by atoms with van der Waals surface area (Å²) in [6, 6.07) is 0.496. The van der Waals surface area contributed by atoms with Crippen molar-refractivity contribution >= 4 is 11.7 Å². The smallest absolute Gasteiger partial charge is 0.375 e. The first kappa shape index (κ1) is 25.2. The van der Waals surface area contributed by atoms with Gasteiger partial charge in [-0.3, -0.25) is 4.79 Å². The maximum Gasteiger partial charge on any atom is 0.375 e. The Morgan fingerprint density at radius 2 is 1.87 bits per heavy atom. The number of alkyl halides is 6. The van der Waals surface area contributed by atoms with E-state index in [9.17, 15) is 35.5 Å². The average Bonchev–Trinajstić information content (AvgIpc) is 3.19. The largest absolute Gasteiger partial charge is 1.00 e. The zero-order valence-corrected chi connectivity index (χ0v) is 17.0. The van der Waals surface area contributed by atoms with Gasteiger partial charge >= 0.3 is 17.8 Å². The SMILES string of the molecule is COc1nc(N2CC(F)(F)C(F)(F)C(F)(F)C2)c(F)cc1CNC(=O)[C@@H]1CCC[NH2+]1.[Cl-]. The van der Waals surface area contributed by atoms with Gasteiger partial charge in [-0.1, -0.05) is 0 Å². The number of rotatable bonds is 5. The lowest BCUT2D eigenvalue weighted by Gasteiger charge is -2.43. The zero-order chi connectivity index (χ0) is 22.3. The van der Waals surface area contributed by atoms with E-state index in [4.69, 9.17) is 4.74 Å². The average molecular weight is 481 g/mol. The molecule has 2 aliphatic heterocycles. The third-order valence-electron chi connectivity index (χ3n) is 5.15. The van der Waals surface area contributed by atoms with Crippen molar-refractivity contribution in [3.05, 3.63) is 17.4 Å². The van der Waals surface area contributed by atoms with Crippen LogP contribution in [-0.4, -0.2) is 61.4 Å². The minimum atomic E-state index is -5.58. The highest BCUT2D eigenvalue weighted by Crippen LogP contribution is 2.50. The van der Waals surface area contributed by atoms with E-state index in [0.717, 1.165) is 26.1 Å². The second kappa shape index (κ2) is 8.85. The number of quaternary nitrogens is 1. The van der Waals surface area contributed by atoms with Crippen LogP contribution in [0, 0.1) is 5.82 Å². The first-order chi connectivity index (χ1) is 13.9. The molecule has 0 radical (unpaired) electrons. The van der Waals surface area contributed by atoms with Gasteiger partial charge in [0, 0.05) is 24.9 Å². The summed E-state index contributed by atoms with van der Waals surface area (Å²) in [5.74, 6) is -18.7. The fourth-order valence-corrected chi connectivity index (χ4v) is 3.50. The normalized spacial score (nSPS) is 23.7. The maximum absolute atomic E-state index is 14.5. The first-order valence-electron chi connectivity index (χ1n) is 9.12. The number of nitrogens with one attached hydrogen (secondary N) is 1. The molecule has 6 nitrogen and oxygen atoms in total. The van der Waals surface area contributed by atoms with Crippen molar-refractivity contribution in [3.8, 4) is 5.88 Å². The predicted molar refractivity (Wildman–Crippen MR) is 89.5 cm³/mol. The van der Waals surface area contributed by atoms with E-state index in [0.29, 0.717) is 6.42 Å². The fraction of sp³-hybridized carbons (Fsp3) is 0.647. The van der Waals surface area contributed by atoms with Crippen LogP contribution in [-0.2, 0) is 11.3 Å². The minimum Gasteiger partial charge on any atom is -1.00 e. The topological polar surface area (TPSA) is 71.1 Å². The Hall–Kier alpha value is -2.02. The molecule has 0 saturated carbocycles. The van der Waals surface area contributed by atoms with Gasteiger partial charge in [0.2, 0.25) is 5.88 Å². The molecule has 1 aromatic heterocycles. The van der Waals surface area contributed by atoms with Gasteiger partial charge in [-0.2, -0.15) is 31.3 Å². The highest BCUT2D eigenvalue weighted by Gasteiger charge is 2.75. The van der Waals surface area contributed by atoms with Crippen LogP contribution in [0.3, 0.4) is 0 Å². The van der Waals surface area contributed by atoms with Crippen molar-refractivity contribution in [1.29, 1.82) is 0 Å². The number of nitrogens with zero attached hydrogens (tertiary/aromatic N) is 2. The molecule has 3 rings (SSSR count). The third kappa shape index (κ3) is 4.61. The molecule has 2 aliphatic rings. The second-order valence-electron chi connectivity index (χ2n) is 7.29. The number of anilines is 1. The number of halogens is 8. The lowest BCUT2D eigenvalue weighted by molar-refractivity contribution is -0.657. The Balaban J connectivity index is 0.00000341. The molecule has 14 heteroatoms. The van der Waals surface area contributed by atoms with Crippen LogP contribution in [0.25, 0.3) is 0 Å². The number of hydrogen-bond donors (Lipinski definition) is 2. The van der Waals surface area contributed by atoms with Gasteiger partial charge in [0.25, 0.3) is 5.91 Å². The number of pyridine rings is 1. The second-order valence-corrected chi connectivity index (χ2v) is 7.29.